The van der Waals surface area contributed by atoms with Crippen LogP contribution in [-0.2, 0) is 27.1 Å². The molecule has 1 aliphatic heterocycles. The smallest absolute Gasteiger partial charge is 0.137 e. The van der Waals surface area contributed by atoms with E-state index < -0.39 is 0 Å². The monoisotopic (exact) mass is 887 g/mol. The molecular formula is C62H70N4O. The van der Waals surface area contributed by atoms with Gasteiger partial charge < -0.3 is 14.5 Å². The van der Waals surface area contributed by atoms with Crippen molar-refractivity contribution < 1.29 is 4.74 Å². The van der Waals surface area contributed by atoms with E-state index in [-0.39, 0.29) is 27.1 Å². The zero-order chi connectivity index (χ0) is 48.0. The highest BCUT2D eigenvalue weighted by Gasteiger charge is 2.30. The zero-order valence-corrected chi connectivity index (χ0v) is 42.7. The van der Waals surface area contributed by atoms with Gasteiger partial charge in [-0.2, -0.15) is 0 Å². The summed E-state index contributed by atoms with van der Waals surface area (Å²) in [5.41, 5.74) is 15.9. The van der Waals surface area contributed by atoms with Gasteiger partial charge in [0.2, 0.25) is 0 Å². The van der Waals surface area contributed by atoms with E-state index in [1.54, 1.807) is 0 Å². The van der Waals surface area contributed by atoms with Crippen molar-refractivity contribution in [1.29, 1.82) is 0 Å². The van der Waals surface area contributed by atoms with Gasteiger partial charge in [0.15, 0.2) is 0 Å². The van der Waals surface area contributed by atoms with E-state index in [2.05, 4.69) is 252 Å². The molecule has 5 heteroatoms. The largest absolute Gasteiger partial charge is 0.457 e. The van der Waals surface area contributed by atoms with E-state index in [9.17, 15) is 0 Å². The topological polar surface area (TPSA) is 33.5 Å². The number of anilines is 4. The summed E-state index contributed by atoms with van der Waals surface area (Å²) in [5, 5.41) is 2.39. The first-order valence-corrected chi connectivity index (χ1v) is 24.1. The van der Waals surface area contributed by atoms with E-state index >= 15 is 0 Å². The number of rotatable bonds is 6. The van der Waals surface area contributed by atoms with Crippen molar-refractivity contribution in [1.82, 2.24) is 9.55 Å². The number of nitrogens with zero attached hydrogens (tertiary/aromatic N) is 4. The van der Waals surface area contributed by atoms with Crippen LogP contribution in [0.2, 0.25) is 0 Å². The molecule has 0 N–H and O–H groups in total. The van der Waals surface area contributed by atoms with Gasteiger partial charge in [0.1, 0.15) is 24.0 Å². The molecule has 6 aromatic carbocycles. The Morgan fingerprint density at radius 3 is 1.57 bits per heavy atom. The Morgan fingerprint density at radius 2 is 0.955 bits per heavy atom. The fourth-order valence-corrected chi connectivity index (χ4v) is 9.32. The molecule has 0 aliphatic carbocycles. The number of benzene rings is 6. The normalized spacial score (nSPS) is 13.8. The lowest BCUT2D eigenvalue weighted by Gasteiger charge is -2.28. The Bertz CT molecular complexity index is 3140. The first-order chi connectivity index (χ1) is 31.3. The average molecular weight is 887 g/mol. The summed E-state index contributed by atoms with van der Waals surface area (Å²) in [7, 11) is 0. The minimum absolute atomic E-state index is 0.0164. The lowest BCUT2D eigenvalue weighted by Crippen LogP contribution is -2.24. The fraction of sp³-hybridized carbons (Fsp3) is 0.339. The minimum atomic E-state index is -0.0520. The summed E-state index contributed by atoms with van der Waals surface area (Å²) in [4.78, 5) is 9.84. The highest BCUT2D eigenvalue weighted by molar-refractivity contribution is 6.10. The average Bonchev–Trinajstić information content (AvgIpc) is 3.80. The molecule has 0 fully saturated rings. The molecule has 344 valence electrons. The number of para-hydroxylation sites is 2. The maximum Gasteiger partial charge on any atom is 0.137 e. The lowest BCUT2D eigenvalue weighted by molar-refractivity contribution is 0.483. The predicted octanol–water partition coefficient (Wildman–Crippen LogP) is 17.4. The van der Waals surface area contributed by atoms with E-state index in [4.69, 9.17) is 9.72 Å². The molecule has 0 saturated carbocycles. The van der Waals surface area contributed by atoms with Crippen LogP contribution >= 0.6 is 0 Å². The molecule has 9 rings (SSSR count). The lowest BCUT2D eigenvalue weighted by atomic mass is 9.78. The van der Waals surface area contributed by atoms with Crippen molar-refractivity contribution in [2.45, 2.75) is 131 Å². The molecule has 0 saturated heterocycles. The maximum absolute atomic E-state index is 6.84. The molecule has 0 radical (unpaired) electrons. The quantitative estimate of drug-likeness (QED) is 0.167. The van der Waals surface area contributed by atoms with Gasteiger partial charge in [0.25, 0.3) is 0 Å². The summed E-state index contributed by atoms with van der Waals surface area (Å²) < 4.78 is 9.14. The van der Waals surface area contributed by atoms with Crippen LogP contribution in [0.3, 0.4) is 0 Å². The molecule has 3 heterocycles. The van der Waals surface area contributed by atoms with E-state index in [1.165, 1.54) is 61.1 Å². The van der Waals surface area contributed by atoms with Crippen molar-refractivity contribution in [3.63, 3.8) is 0 Å². The number of hydrogen-bond acceptors (Lipinski definition) is 4. The van der Waals surface area contributed by atoms with Gasteiger partial charge in [-0.15, -0.1) is 0 Å². The zero-order valence-electron chi connectivity index (χ0n) is 42.7. The molecule has 8 aromatic rings. The first kappa shape index (κ1) is 45.8. The summed E-state index contributed by atoms with van der Waals surface area (Å²) in [6.45, 7) is 35.1. The van der Waals surface area contributed by atoms with Crippen LogP contribution < -0.4 is 14.5 Å². The van der Waals surface area contributed by atoms with Gasteiger partial charge in [0.05, 0.1) is 22.4 Å². The minimum Gasteiger partial charge on any atom is -0.457 e. The van der Waals surface area contributed by atoms with Gasteiger partial charge in [-0.3, -0.25) is 4.57 Å². The van der Waals surface area contributed by atoms with Crippen LogP contribution in [0.25, 0.3) is 38.8 Å². The molecule has 5 nitrogen and oxygen atoms in total. The Kier molecular flexibility index (Phi) is 11.1. The molecule has 0 atom stereocenters. The molecule has 2 aromatic heterocycles. The van der Waals surface area contributed by atoms with Crippen LogP contribution in [0.4, 0.5) is 22.7 Å². The third-order valence-corrected chi connectivity index (χ3v) is 13.6. The van der Waals surface area contributed by atoms with Crippen LogP contribution in [0.5, 0.6) is 11.5 Å². The third kappa shape index (κ3) is 8.98. The second-order valence-electron chi connectivity index (χ2n) is 24.1. The number of hydrogen-bond donors (Lipinski definition) is 0. The second-order valence-corrected chi connectivity index (χ2v) is 24.1. The SMILES string of the molecule is CC(C)(C)c1cc(-c2cc(C(C)(C)C)cc(C(C)(C)C)c2)cc(N2CN(c3cccc(Oc4ccc5c6cc(C(C)(C)C)ccc6n(-c6cc(C(C)(C)C)ccn6)c5c4)c3)c3ccccc32)c1. The fourth-order valence-electron chi connectivity index (χ4n) is 9.32. The van der Waals surface area contributed by atoms with Gasteiger partial charge >= 0.3 is 0 Å². The van der Waals surface area contributed by atoms with Crippen molar-refractivity contribution >= 4 is 44.6 Å². The first-order valence-electron chi connectivity index (χ1n) is 24.1. The number of fused-ring (bicyclic) bond motifs is 4. The summed E-state index contributed by atoms with van der Waals surface area (Å²) in [6.07, 6.45) is 1.94. The van der Waals surface area contributed by atoms with Crippen molar-refractivity contribution in [3.8, 4) is 28.4 Å². The summed E-state index contributed by atoms with van der Waals surface area (Å²) in [6, 6.07) is 49.5. The van der Waals surface area contributed by atoms with Gasteiger partial charge in [0, 0.05) is 40.5 Å². The number of pyridine rings is 1. The van der Waals surface area contributed by atoms with E-state index in [0.29, 0.717) is 6.67 Å². The Balaban J connectivity index is 1.09. The Hall–Kier alpha value is -6.33. The second kappa shape index (κ2) is 16.2. The van der Waals surface area contributed by atoms with Gasteiger partial charge in [-0.25, -0.2) is 4.98 Å². The number of aromatic nitrogens is 2. The molecular weight excluding hydrogens is 817 g/mol. The Morgan fingerprint density at radius 1 is 0.403 bits per heavy atom. The van der Waals surface area contributed by atoms with Crippen molar-refractivity contribution in [2.24, 2.45) is 0 Å². The molecule has 0 amide bonds. The van der Waals surface area contributed by atoms with Crippen molar-refractivity contribution in [2.75, 3.05) is 16.5 Å². The maximum atomic E-state index is 6.84. The third-order valence-electron chi connectivity index (χ3n) is 13.6. The standard InChI is InChI=1S/C62H70N4O/c1-58(2,3)42-23-26-53-52(35-42)51-25-24-50(38-56(51)66(53)57-36-43(27-28-63-57)59(4,5)6)67-49-20-18-19-47(37-49)64-39-65(55-22-17-16-21-54(55)64)48-32-41(31-46(34-48)62(13,14)15)40-29-44(60(7,8)9)33-45(30-40)61(10,11)12/h16-38H,39H2,1-15H3. The molecule has 0 unspecified atom stereocenters. The predicted molar refractivity (Wildman–Crippen MR) is 286 cm³/mol. The van der Waals surface area contributed by atoms with E-state index in [0.717, 1.165) is 39.7 Å². The highest BCUT2D eigenvalue weighted by atomic mass is 16.5. The number of ether oxygens (including phenoxy) is 1. The summed E-state index contributed by atoms with van der Waals surface area (Å²) in [5.74, 6) is 2.46. The van der Waals surface area contributed by atoms with Crippen LogP contribution in [0.15, 0.2) is 140 Å². The van der Waals surface area contributed by atoms with Crippen LogP contribution in [0, 0.1) is 0 Å². The van der Waals surface area contributed by atoms with Gasteiger partial charge in [-0.05, 0) is 139 Å². The molecule has 1 aliphatic rings. The van der Waals surface area contributed by atoms with Crippen LogP contribution in [0.1, 0.15) is 132 Å². The summed E-state index contributed by atoms with van der Waals surface area (Å²) >= 11 is 0. The highest BCUT2D eigenvalue weighted by Crippen LogP contribution is 2.47. The molecule has 0 spiro atoms. The van der Waals surface area contributed by atoms with Crippen molar-refractivity contribution in [3.05, 3.63) is 167 Å². The molecule has 67 heavy (non-hydrogen) atoms. The Labute approximate surface area is 400 Å². The van der Waals surface area contributed by atoms with Crippen LogP contribution in [-0.4, -0.2) is 16.2 Å². The van der Waals surface area contributed by atoms with Gasteiger partial charge in [-0.1, -0.05) is 152 Å². The van der Waals surface area contributed by atoms with E-state index in [1.807, 2.05) is 6.20 Å². The molecule has 0 bridgehead atoms.